The molecule has 8 rings (SSSR count). The largest absolute Gasteiger partial charge is 0.484 e. The average Bonchev–Trinajstić information content (AvgIpc) is 4.11. The van der Waals surface area contributed by atoms with E-state index in [0.29, 0.717) is 22.4 Å². The number of aromatic nitrogens is 4. The lowest BCUT2D eigenvalue weighted by atomic mass is 9.85. The van der Waals surface area contributed by atoms with Gasteiger partial charge in [0.15, 0.2) is 22.3 Å². The quantitative estimate of drug-likeness (QED) is 0.0830. The topological polar surface area (TPSA) is 227 Å². The number of sulfone groups is 1. The monoisotopic (exact) mass is 1050 g/mol. The SMILES string of the molecule is Cc1ncsc1-c1ccc(CNC(=O)[C@@H]2C[C@@H](O)CN2C(=O)[C@@H](NC(=O)COc2ccc(S(=O)(=O)CCNC(=O)C[C@@H]3N=C(c4ccc(Cl)cc4)c4c(sc(C)c4C)-n4c(C)nnc43)cc2)C(C)(C)C)cc1. The molecule has 6 aromatic rings. The Morgan fingerprint density at radius 1 is 0.917 bits per heavy atom. The molecule has 3 aromatic carbocycles. The lowest BCUT2D eigenvalue weighted by molar-refractivity contribution is -0.144. The van der Waals surface area contributed by atoms with Crippen LogP contribution in [0.15, 0.2) is 88.2 Å². The Kier molecular flexibility index (Phi) is 15.5. The van der Waals surface area contributed by atoms with Gasteiger partial charge >= 0.3 is 0 Å². The van der Waals surface area contributed by atoms with Gasteiger partial charge in [-0.05, 0) is 86.2 Å². The van der Waals surface area contributed by atoms with Crippen LogP contribution in [0.1, 0.15) is 84.1 Å². The Balaban J connectivity index is 0.838. The first-order valence-corrected chi connectivity index (χ1v) is 27.0. The zero-order chi connectivity index (χ0) is 51.6. The maximum Gasteiger partial charge on any atom is 0.258 e. The number of benzene rings is 3. The molecule has 0 unspecified atom stereocenters. The number of hydrogen-bond donors (Lipinski definition) is 4. The summed E-state index contributed by atoms with van der Waals surface area (Å²) in [6.45, 7) is 12.7. The molecule has 0 saturated carbocycles. The number of nitrogens with one attached hydrogen (secondary N) is 3. The molecule has 21 heteroatoms. The number of nitrogens with zero attached hydrogens (tertiary/aromatic N) is 6. The summed E-state index contributed by atoms with van der Waals surface area (Å²) >= 11 is 9.38. The highest BCUT2D eigenvalue weighted by atomic mass is 35.5. The second-order valence-corrected chi connectivity index (χ2v) is 23.6. The van der Waals surface area contributed by atoms with Gasteiger partial charge < -0.3 is 30.7 Å². The van der Waals surface area contributed by atoms with Crippen LogP contribution >= 0.6 is 34.3 Å². The third-order valence-electron chi connectivity index (χ3n) is 12.7. The maximum atomic E-state index is 14.1. The number of likely N-dealkylation sites (tertiary alicyclic amines) is 1. The van der Waals surface area contributed by atoms with Crippen molar-refractivity contribution >= 4 is 73.5 Å². The van der Waals surface area contributed by atoms with Crippen LogP contribution in [0.2, 0.25) is 5.02 Å². The highest BCUT2D eigenvalue weighted by Gasteiger charge is 2.44. The van der Waals surface area contributed by atoms with Crippen LogP contribution in [0.5, 0.6) is 5.75 Å². The Hall–Kier alpha value is -6.32. The number of hydrogen-bond acceptors (Lipinski definition) is 14. The molecule has 4 atom stereocenters. The van der Waals surface area contributed by atoms with E-state index in [4.69, 9.17) is 21.3 Å². The number of fused-ring (bicyclic) bond motifs is 3. The fourth-order valence-electron chi connectivity index (χ4n) is 8.70. The Morgan fingerprint density at radius 2 is 1.61 bits per heavy atom. The molecule has 4 amide bonds. The van der Waals surface area contributed by atoms with Crippen molar-refractivity contribution < 1.29 is 37.4 Å². The van der Waals surface area contributed by atoms with Gasteiger partial charge in [0.05, 0.1) is 45.0 Å². The van der Waals surface area contributed by atoms with E-state index in [-0.39, 0.29) is 43.1 Å². The van der Waals surface area contributed by atoms with Crippen LogP contribution in [0.4, 0.5) is 0 Å². The van der Waals surface area contributed by atoms with Crippen LogP contribution in [0, 0.1) is 33.1 Å². The van der Waals surface area contributed by atoms with E-state index < -0.39 is 75.5 Å². The van der Waals surface area contributed by atoms with Gasteiger partial charge in [0.1, 0.15) is 34.7 Å². The number of aliphatic imine (C=N–C) groups is 1. The van der Waals surface area contributed by atoms with Crippen LogP contribution in [0.25, 0.3) is 15.4 Å². The van der Waals surface area contributed by atoms with Crippen molar-refractivity contribution in [1.29, 1.82) is 0 Å². The number of carbonyl (C=O) groups excluding carboxylic acids is 4. The van der Waals surface area contributed by atoms with Crippen LogP contribution in [-0.4, -0.2) is 111 Å². The van der Waals surface area contributed by atoms with Crippen molar-refractivity contribution in [2.24, 2.45) is 10.4 Å². The maximum absolute atomic E-state index is 14.1. The number of thiophene rings is 1. The number of ether oxygens (including phenoxy) is 1. The first-order valence-electron chi connectivity index (χ1n) is 23.3. The van der Waals surface area contributed by atoms with Gasteiger partial charge in [0.25, 0.3) is 5.91 Å². The van der Waals surface area contributed by atoms with E-state index in [2.05, 4.69) is 31.1 Å². The van der Waals surface area contributed by atoms with E-state index in [1.807, 2.05) is 68.7 Å². The molecule has 1 fully saturated rings. The fraction of sp³-hybridized carbons (Fsp3) is 0.373. The van der Waals surface area contributed by atoms with E-state index in [1.165, 1.54) is 29.2 Å². The minimum Gasteiger partial charge on any atom is -0.484 e. The highest BCUT2D eigenvalue weighted by Crippen LogP contribution is 2.40. The number of amides is 4. The minimum absolute atomic E-state index is 0.0143. The predicted molar refractivity (Wildman–Crippen MR) is 277 cm³/mol. The molecule has 3 aromatic heterocycles. The van der Waals surface area contributed by atoms with E-state index in [9.17, 15) is 32.7 Å². The summed E-state index contributed by atoms with van der Waals surface area (Å²) in [6.07, 6.45) is -1.00. The van der Waals surface area contributed by atoms with Crippen molar-refractivity contribution in [3.63, 3.8) is 0 Å². The molecule has 4 N–H and O–H groups in total. The van der Waals surface area contributed by atoms with Gasteiger partial charge in [-0.1, -0.05) is 68.8 Å². The summed E-state index contributed by atoms with van der Waals surface area (Å²) in [5.41, 5.74) is 7.32. The summed E-state index contributed by atoms with van der Waals surface area (Å²) in [5.74, 6) is -1.03. The molecule has 72 heavy (non-hydrogen) atoms. The summed E-state index contributed by atoms with van der Waals surface area (Å²) in [5, 5.41) is 29.3. The molecule has 2 aliphatic heterocycles. The highest BCUT2D eigenvalue weighted by molar-refractivity contribution is 7.91. The van der Waals surface area contributed by atoms with Crippen LogP contribution in [0.3, 0.4) is 0 Å². The zero-order valence-corrected chi connectivity index (χ0v) is 44.1. The third kappa shape index (κ3) is 11.5. The third-order valence-corrected chi connectivity index (χ3v) is 16.8. The second-order valence-electron chi connectivity index (χ2n) is 19.0. The van der Waals surface area contributed by atoms with Crippen molar-refractivity contribution in [2.75, 3.05) is 25.4 Å². The number of aryl methyl sites for hydroxylation is 3. The minimum atomic E-state index is -3.87. The molecule has 0 spiro atoms. The average molecular weight is 1050 g/mol. The van der Waals surface area contributed by atoms with E-state index >= 15 is 0 Å². The lowest BCUT2D eigenvalue weighted by Crippen LogP contribution is -2.58. The number of aliphatic hydroxyl groups is 1. The Labute approximate surface area is 431 Å². The Morgan fingerprint density at radius 3 is 2.28 bits per heavy atom. The molecule has 0 aliphatic carbocycles. The molecular formula is C51H56ClN9O8S3. The molecule has 0 bridgehead atoms. The van der Waals surface area contributed by atoms with Gasteiger partial charge in [-0.15, -0.1) is 32.9 Å². The zero-order valence-electron chi connectivity index (χ0n) is 40.9. The number of β-amino-alcohol motifs (C(OH)–C–C–N with tert-alkyl or cyclic N) is 1. The van der Waals surface area contributed by atoms with Gasteiger partial charge in [0.2, 0.25) is 17.7 Å². The van der Waals surface area contributed by atoms with Gasteiger partial charge in [-0.2, -0.15) is 0 Å². The number of rotatable bonds is 16. The first kappa shape index (κ1) is 52.0. The van der Waals surface area contributed by atoms with Crippen molar-refractivity contribution in [1.82, 2.24) is 40.6 Å². The lowest BCUT2D eigenvalue weighted by Gasteiger charge is -2.35. The van der Waals surface area contributed by atoms with Gasteiger partial charge in [-0.3, -0.25) is 28.7 Å². The van der Waals surface area contributed by atoms with Crippen LogP contribution < -0.4 is 20.7 Å². The smallest absolute Gasteiger partial charge is 0.258 e. The summed E-state index contributed by atoms with van der Waals surface area (Å²) in [4.78, 5) is 67.3. The van der Waals surface area contributed by atoms with Crippen molar-refractivity contribution in [3.8, 4) is 21.2 Å². The van der Waals surface area contributed by atoms with Crippen molar-refractivity contribution in [3.05, 3.63) is 128 Å². The Bertz CT molecular complexity index is 3140. The van der Waals surface area contributed by atoms with Crippen molar-refractivity contribution in [2.45, 2.75) is 97.0 Å². The number of thiazole rings is 1. The van der Waals surface area contributed by atoms with Gasteiger partial charge in [0, 0.05) is 47.1 Å². The molecule has 0 radical (unpaired) electrons. The standard InChI is InChI=1S/C51H56ClN9O8S3/c1-28-30(3)71-50-43(28)44(33-12-14-35(52)15-13-33)56-39(47-59-58-31(4)61(47)50)23-41(63)53-20-21-72(67,68)38-18-16-37(17-19-38)69-26-42(64)57-46(51(5,6)7)49(66)60-25-36(62)22-40(60)48(65)54-24-32-8-10-34(11-9-32)45-29(2)55-27-70-45/h8-19,27,36,39-40,46,62H,20-26H2,1-7H3,(H,53,63)(H,54,65)(H,57,64)/t36-,39+,40+,46-/m1/s1. The van der Waals surface area contributed by atoms with E-state index in [1.54, 1.807) is 61.1 Å². The summed E-state index contributed by atoms with van der Waals surface area (Å²) in [7, 11) is -3.87. The van der Waals surface area contributed by atoms with E-state index in [0.717, 1.165) is 48.3 Å². The fourth-order valence-corrected chi connectivity index (χ4v) is 12.0. The second kappa shape index (κ2) is 21.4. The summed E-state index contributed by atoms with van der Waals surface area (Å²) in [6, 6.07) is 17.9. The normalized spacial score (nSPS) is 17.0. The first-order chi connectivity index (χ1) is 34.2. The molecule has 378 valence electrons. The van der Waals surface area contributed by atoms with Crippen LogP contribution in [-0.2, 0) is 35.6 Å². The molecular weight excluding hydrogens is 998 g/mol. The molecule has 17 nitrogen and oxygen atoms in total. The molecule has 2 aliphatic rings. The number of aliphatic hydroxyl groups excluding tert-OH is 1. The summed E-state index contributed by atoms with van der Waals surface area (Å²) < 4.78 is 34.5. The predicted octanol–water partition coefficient (Wildman–Crippen LogP) is 6.40. The number of halogens is 1. The number of carbonyl (C=O) groups is 4. The molecule has 5 heterocycles. The van der Waals surface area contributed by atoms with Gasteiger partial charge in [-0.25, -0.2) is 13.4 Å². The molecule has 1 saturated heterocycles.